The summed E-state index contributed by atoms with van der Waals surface area (Å²) in [5.41, 5.74) is 0. The Balaban J connectivity index is 3.14. The largest absolute Gasteiger partial charge is 0.479 e. The van der Waals surface area contributed by atoms with E-state index in [2.05, 4.69) is 6.92 Å². The van der Waals surface area contributed by atoms with Crippen LogP contribution in [0.15, 0.2) is 0 Å². The van der Waals surface area contributed by atoms with E-state index in [1.54, 1.807) is 0 Å². The molecule has 0 aliphatic carbocycles. The van der Waals surface area contributed by atoms with E-state index in [9.17, 15) is 9.18 Å². The maximum absolute atomic E-state index is 12.4. The van der Waals surface area contributed by atoms with Crippen LogP contribution in [0.3, 0.4) is 0 Å². The van der Waals surface area contributed by atoms with Gasteiger partial charge in [-0.05, 0) is 12.8 Å². The molecule has 0 saturated carbocycles. The van der Waals surface area contributed by atoms with Crippen molar-refractivity contribution in [2.45, 2.75) is 51.6 Å². The van der Waals surface area contributed by atoms with Gasteiger partial charge in [-0.15, -0.1) is 0 Å². The minimum atomic E-state index is -1.66. The summed E-state index contributed by atoms with van der Waals surface area (Å²) in [5, 5.41) is 8.21. The molecule has 0 aromatic heterocycles. The Morgan fingerprint density at radius 2 is 1.92 bits per heavy atom. The van der Waals surface area contributed by atoms with Crippen molar-refractivity contribution in [3.8, 4) is 0 Å². The number of carbonyl (C=O) groups is 1. The Hall–Kier alpha value is -0.600. The maximum Gasteiger partial charge on any atom is 0.338 e. The van der Waals surface area contributed by atoms with Crippen LogP contribution >= 0.6 is 0 Å². The predicted molar refractivity (Wildman–Crippen MR) is 45.9 cm³/mol. The number of carboxylic acid groups (broad SMARTS) is 1. The summed E-state index contributed by atoms with van der Waals surface area (Å²) in [7, 11) is 0. The first-order valence-electron chi connectivity index (χ1n) is 4.55. The second-order valence-electron chi connectivity index (χ2n) is 3.01. The summed E-state index contributed by atoms with van der Waals surface area (Å²) >= 11 is 0. The van der Waals surface area contributed by atoms with Crippen molar-refractivity contribution in [3.05, 3.63) is 0 Å². The highest BCUT2D eigenvalue weighted by atomic mass is 19.1. The number of rotatable bonds is 7. The number of alkyl halides is 1. The highest BCUT2D eigenvalue weighted by molar-refractivity contribution is 5.71. The normalized spacial score (nSPS) is 12.8. The van der Waals surface area contributed by atoms with Gasteiger partial charge in [0.25, 0.3) is 0 Å². The third-order valence-electron chi connectivity index (χ3n) is 1.83. The smallest absolute Gasteiger partial charge is 0.338 e. The third-order valence-corrected chi connectivity index (χ3v) is 1.83. The topological polar surface area (TPSA) is 37.3 Å². The van der Waals surface area contributed by atoms with Crippen molar-refractivity contribution >= 4 is 5.97 Å². The van der Waals surface area contributed by atoms with Gasteiger partial charge in [0, 0.05) is 0 Å². The summed E-state index contributed by atoms with van der Waals surface area (Å²) in [6.07, 6.45) is 3.53. The van der Waals surface area contributed by atoms with E-state index in [1.807, 2.05) is 0 Å². The van der Waals surface area contributed by atoms with Crippen LogP contribution in [0, 0.1) is 0 Å². The number of hydrogen-bond acceptors (Lipinski definition) is 1. The number of aliphatic carboxylic acids is 1. The molecule has 1 atom stereocenters. The monoisotopic (exact) mass is 176 g/mol. The summed E-state index contributed by atoms with van der Waals surface area (Å²) in [6, 6.07) is 0. The molecule has 0 aliphatic heterocycles. The van der Waals surface area contributed by atoms with E-state index >= 15 is 0 Å². The molecular formula is C9H17FO2. The lowest BCUT2D eigenvalue weighted by Gasteiger charge is -2.01. The van der Waals surface area contributed by atoms with Crippen LogP contribution in [0.4, 0.5) is 4.39 Å². The van der Waals surface area contributed by atoms with Gasteiger partial charge >= 0.3 is 5.97 Å². The first-order chi connectivity index (χ1) is 5.68. The van der Waals surface area contributed by atoms with Crippen LogP contribution in [0.1, 0.15) is 45.4 Å². The molecule has 0 fully saturated rings. The van der Waals surface area contributed by atoms with Crippen molar-refractivity contribution in [3.63, 3.8) is 0 Å². The van der Waals surface area contributed by atoms with Gasteiger partial charge in [-0.1, -0.05) is 32.6 Å². The van der Waals surface area contributed by atoms with Crippen LogP contribution in [0.25, 0.3) is 0 Å². The molecule has 0 heterocycles. The highest BCUT2D eigenvalue weighted by Gasteiger charge is 2.13. The van der Waals surface area contributed by atoms with Gasteiger partial charge in [0.1, 0.15) is 0 Å². The van der Waals surface area contributed by atoms with Crippen molar-refractivity contribution in [1.82, 2.24) is 0 Å². The molecule has 2 nitrogen and oxygen atoms in total. The second kappa shape index (κ2) is 7.07. The van der Waals surface area contributed by atoms with Crippen LogP contribution in [0.2, 0.25) is 0 Å². The molecule has 1 N–H and O–H groups in total. The van der Waals surface area contributed by atoms with Crippen molar-refractivity contribution < 1.29 is 14.3 Å². The zero-order valence-corrected chi connectivity index (χ0v) is 7.55. The fraction of sp³-hybridized carbons (Fsp3) is 0.889. The van der Waals surface area contributed by atoms with E-state index < -0.39 is 12.1 Å². The average molecular weight is 176 g/mol. The van der Waals surface area contributed by atoms with Gasteiger partial charge in [-0.2, -0.15) is 0 Å². The van der Waals surface area contributed by atoms with Crippen LogP contribution < -0.4 is 0 Å². The molecule has 0 saturated heterocycles. The average Bonchev–Trinajstić information content (AvgIpc) is 2.03. The highest BCUT2D eigenvalue weighted by Crippen LogP contribution is 2.09. The van der Waals surface area contributed by atoms with Crippen molar-refractivity contribution in [2.24, 2.45) is 0 Å². The molecule has 3 heteroatoms. The zero-order valence-electron chi connectivity index (χ0n) is 7.55. The van der Waals surface area contributed by atoms with Gasteiger partial charge in [0.2, 0.25) is 0 Å². The summed E-state index contributed by atoms with van der Waals surface area (Å²) in [6.45, 7) is 2.11. The molecule has 0 rings (SSSR count). The molecule has 0 unspecified atom stereocenters. The van der Waals surface area contributed by atoms with E-state index in [0.29, 0.717) is 6.42 Å². The van der Waals surface area contributed by atoms with Crippen molar-refractivity contribution in [1.29, 1.82) is 0 Å². The number of carboxylic acids is 1. The Bertz CT molecular complexity index is 126. The van der Waals surface area contributed by atoms with E-state index in [1.165, 1.54) is 0 Å². The fourth-order valence-corrected chi connectivity index (χ4v) is 1.05. The molecule has 0 aliphatic rings. The minimum absolute atomic E-state index is 0.166. The van der Waals surface area contributed by atoms with Crippen molar-refractivity contribution in [2.75, 3.05) is 0 Å². The Morgan fingerprint density at radius 1 is 1.33 bits per heavy atom. The van der Waals surface area contributed by atoms with Gasteiger partial charge in [-0.25, -0.2) is 9.18 Å². The first-order valence-corrected chi connectivity index (χ1v) is 4.55. The van der Waals surface area contributed by atoms with Crippen LogP contribution in [0.5, 0.6) is 0 Å². The summed E-state index contributed by atoms with van der Waals surface area (Å²) in [5.74, 6) is -1.33. The molecule has 12 heavy (non-hydrogen) atoms. The van der Waals surface area contributed by atoms with E-state index in [0.717, 1.165) is 25.7 Å². The molecule has 0 amide bonds. The van der Waals surface area contributed by atoms with Gasteiger partial charge in [0.15, 0.2) is 6.17 Å². The number of hydrogen-bond donors (Lipinski definition) is 1. The molecule has 0 aromatic rings. The Kier molecular flexibility index (Phi) is 6.72. The summed E-state index contributed by atoms with van der Waals surface area (Å²) in [4.78, 5) is 10.0. The Morgan fingerprint density at radius 3 is 2.42 bits per heavy atom. The zero-order chi connectivity index (χ0) is 9.40. The fourth-order valence-electron chi connectivity index (χ4n) is 1.05. The SMILES string of the molecule is CCCCCCC[C@@H](F)C(=O)O. The molecule has 0 spiro atoms. The standard InChI is InChI=1S/C9H17FO2/c1-2-3-4-5-6-7-8(10)9(11)12/h8H,2-7H2,1H3,(H,11,12)/t8-/m1/s1. The molecule has 0 radical (unpaired) electrons. The third kappa shape index (κ3) is 6.13. The van der Waals surface area contributed by atoms with Crippen LogP contribution in [-0.4, -0.2) is 17.2 Å². The van der Waals surface area contributed by atoms with E-state index in [-0.39, 0.29) is 6.42 Å². The molecule has 0 aromatic carbocycles. The lowest BCUT2D eigenvalue weighted by Crippen LogP contribution is -2.13. The minimum Gasteiger partial charge on any atom is -0.479 e. The second-order valence-corrected chi connectivity index (χ2v) is 3.01. The quantitative estimate of drug-likeness (QED) is 0.605. The van der Waals surface area contributed by atoms with E-state index in [4.69, 9.17) is 5.11 Å². The molecule has 0 bridgehead atoms. The first kappa shape index (κ1) is 11.4. The van der Waals surface area contributed by atoms with Crippen LogP contribution in [-0.2, 0) is 4.79 Å². The lowest BCUT2D eigenvalue weighted by molar-refractivity contribution is -0.143. The summed E-state index contributed by atoms with van der Waals surface area (Å²) < 4.78 is 12.4. The van der Waals surface area contributed by atoms with Gasteiger partial charge < -0.3 is 5.11 Å². The van der Waals surface area contributed by atoms with Gasteiger partial charge in [0.05, 0.1) is 0 Å². The Labute approximate surface area is 72.8 Å². The predicted octanol–water partition coefficient (Wildman–Crippen LogP) is 2.77. The lowest BCUT2D eigenvalue weighted by atomic mass is 10.1. The molecule has 72 valence electrons. The van der Waals surface area contributed by atoms with Gasteiger partial charge in [-0.3, -0.25) is 0 Å². The maximum atomic E-state index is 12.4. The number of unbranched alkanes of at least 4 members (excludes halogenated alkanes) is 4. The molecular weight excluding hydrogens is 159 g/mol. The number of halogens is 1.